The Morgan fingerprint density at radius 3 is 2.19 bits per heavy atom. The summed E-state index contributed by atoms with van der Waals surface area (Å²) in [6.07, 6.45) is 4.36. The Labute approximate surface area is 247 Å². The summed E-state index contributed by atoms with van der Waals surface area (Å²) in [7, 11) is 1.61. The van der Waals surface area contributed by atoms with Gasteiger partial charge in [0, 0.05) is 43.2 Å². The van der Waals surface area contributed by atoms with Crippen LogP contribution in [0.25, 0.3) is 0 Å². The second-order valence-electron chi connectivity index (χ2n) is 10.9. The third-order valence-corrected chi connectivity index (χ3v) is 8.12. The molecule has 1 aliphatic heterocycles. The molecule has 0 unspecified atom stereocenters. The molecule has 226 valence electrons. The van der Waals surface area contributed by atoms with Gasteiger partial charge in [0.2, 0.25) is 5.91 Å². The predicted octanol–water partition coefficient (Wildman–Crippen LogP) is 3.75. The number of carbonyl (C=O) groups is 4. The maximum atomic E-state index is 13.7. The standard InChI is InChI=1S/C32H42N4O6/c1-3-42-29(37)21-33-32(40)35-19-17-24(18-20-35)30(38)34-26-11-13-27(14-12-26)36(22-23-7-5-4-6-8-23)31(39)25-9-15-28(41-2)16-10-25/h4-10,15-16,24,26-27H,3,11-14,17-22H2,1-2H3,(H,33,40)(H,34,38). The first kappa shape index (κ1) is 30.9. The van der Waals surface area contributed by atoms with E-state index in [0.717, 1.165) is 31.2 Å². The Bertz CT molecular complexity index is 1190. The first-order valence-electron chi connectivity index (χ1n) is 14.9. The highest BCUT2D eigenvalue weighted by molar-refractivity contribution is 5.94. The van der Waals surface area contributed by atoms with Gasteiger partial charge in [-0.05, 0) is 75.3 Å². The fourth-order valence-corrected chi connectivity index (χ4v) is 5.71. The van der Waals surface area contributed by atoms with Crippen molar-refractivity contribution in [3.63, 3.8) is 0 Å². The van der Waals surface area contributed by atoms with Gasteiger partial charge in [0.25, 0.3) is 5.91 Å². The van der Waals surface area contributed by atoms with Crippen LogP contribution in [0.15, 0.2) is 54.6 Å². The second kappa shape index (κ2) is 15.2. The average Bonchev–Trinajstić information content (AvgIpc) is 3.03. The fraction of sp³-hybridized carbons (Fsp3) is 0.500. The monoisotopic (exact) mass is 578 g/mol. The summed E-state index contributed by atoms with van der Waals surface area (Å²) in [6, 6.07) is 17.1. The lowest BCUT2D eigenvalue weighted by Crippen LogP contribution is -2.50. The number of rotatable bonds is 10. The molecule has 2 aromatic rings. The van der Waals surface area contributed by atoms with Gasteiger partial charge in [-0.15, -0.1) is 0 Å². The van der Waals surface area contributed by atoms with Gasteiger partial charge in [0.15, 0.2) is 0 Å². The molecule has 0 spiro atoms. The topological polar surface area (TPSA) is 117 Å². The van der Waals surface area contributed by atoms with Gasteiger partial charge in [0.05, 0.1) is 13.7 Å². The van der Waals surface area contributed by atoms with Crippen LogP contribution in [0.5, 0.6) is 5.75 Å². The van der Waals surface area contributed by atoms with Crippen molar-refractivity contribution in [1.29, 1.82) is 0 Å². The molecule has 2 aromatic carbocycles. The average molecular weight is 579 g/mol. The van der Waals surface area contributed by atoms with E-state index in [9.17, 15) is 19.2 Å². The van der Waals surface area contributed by atoms with Crippen molar-refractivity contribution in [3.05, 3.63) is 65.7 Å². The molecule has 0 atom stereocenters. The summed E-state index contributed by atoms with van der Waals surface area (Å²) in [5.41, 5.74) is 1.71. The molecule has 2 aliphatic rings. The number of likely N-dealkylation sites (tertiary alicyclic amines) is 1. The summed E-state index contributed by atoms with van der Waals surface area (Å²) >= 11 is 0. The Kier molecular flexibility index (Phi) is 11.2. The van der Waals surface area contributed by atoms with E-state index in [2.05, 4.69) is 10.6 Å². The van der Waals surface area contributed by atoms with Crippen LogP contribution in [-0.4, -0.2) is 79.0 Å². The van der Waals surface area contributed by atoms with Gasteiger partial charge in [-0.2, -0.15) is 0 Å². The summed E-state index contributed by atoms with van der Waals surface area (Å²) in [4.78, 5) is 54.2. The molecule has 10 heteroatoms. The molecule has 1 aliphatic carbocycles. The van der Waals surface area contributed by atoms with E-state index in [1.54, 1.807) is 43.2 Å². The third-order valence-electron chi connectivity index (χ3n) is 8.12. The second-order valence-corrected chi connectivity index (χ2v) is 10.9. The van der Waals surface area contributed by atoms with Crippen LogP contribution in [0, 0.1) is 5.92 Å². The van der Waals surface area contributed by atoms with Gasteiger partial charge in [-0.25, -0.2) is 4.79 Å². The molecule has 0 bridgehead atoms. The van der Waals surface area contributed by atoms with Crippen molar-refractivity contribution in [2.45, 2.75) is 64.1 Å². The number of esters is 1. The number of methoxy groups -OCH3 is 1. The van der Waals surface area contributed by atoms with E-state index in [1.165, 1.54) is 0 Å². The Morgan fingerprint density at radius 2 is 1.57 bits per heavy atom. The van der Waals surface area contributed by atoms with Crippen LogP contribution in [-0.2, 0) is 20.9 Å². The maximum absolute atomic E-state index is 13.7. The molecule has 0 aromatic heterocycles. The number of urea groups is 1. The maximum Gasteiger partial charge on any atom is 0.325 e. The Balaban J connectivity index is 1.27. The first-order valence-corrected chi connectivity index (χ1v) is 14.9. The quantitative estimate of drug-likeness (QED) is 0.415. The highest BCUT2D eigenvalue weighted by atomic mass is 16.5. The molecule has 0 radical (unpaired) electrons. The number of nitrogens with zero attached hydrogens (tertiary/aromatic N) is 2. The molecular formula is C32H42N4O6. The van der Waals surface area contributed by atoms with Gasteiger partial charge in [-0.1, -0.05) is 30.3 Å². The fourth-order valence-electron chi connectivity index (χ4n) is 5.71. The van der Waals surface area contributed by atoms with Crippen molar-refractivity contribution >= 4 is 23.8 Å². The van der Waals surface area contributed by atoms with Crippen LogP contribution in [0.1, 0.15) is 61.4 Å². The summed E-state index contributed by atoms with van der Waals surface area (Å²) in [6.45, 7) is 3.27. The molecule has 1 saturated carbocycles. The number of nitrogens with one attached hydrogen (secondary N) is 2. The predicted molar refractivity (Wildman–Crippen MR) is 158 cm³/mol. The minimum absolute atomic E-state index is 0.00737. The molecule has 1 heterocycles. The number of hydrogen-bond acceptors (Lipinski definition) is 6. The molecule has 1 saturated heterocycles. The minimum atomic E-state index is -0.469. The van der Waals surface area contributed by atoms with E-state index in [4.69, 9.17) is 9.47 Å². The Morgan fingerprint density at radius 1 is 0.905 bits per heavy atom. The SMILES string of the molecule is CCOC(=O)CNC(=O)N1CCC(C(=O)NC2CCC(N(Cc3ccccc3)C(=O)c3ccc(OC)cc3)CC2)CC1. The number of benzene rings is 2. The first-order chi connectivity index (χ1) is 20.4. The molecule has 2 N–H and O–H groups in total. The summed E-state index contributed by atoms with van der Waals surface area (Å²) in [5.74, 6) is 0.110. The van der Waals surface area contributed by atoms with E-state index in [0.29, 0.717) is 43.8 Å². The van der Waals surface area contributed by atoms with E-state index in [-0.39, 0.29) is 49.0 Å². The number of amides is 4. The smallest absolute Gasteiger partial charge is 0.325 e. The van der Waals surface area contributed by atoms with Crippen molar-refractivity contribution < 1.29 is 28.7 Å². The number of hydrogen-bond donors (Lipinski definition) is 2. The Hall–Kier alpha value is -4.08. The minimum Gasteiger partial charge on any atom is -0.497 e. The number of ether oxygens (including phenoxy) is 2. The van der Waals surface area contributed by atoms with Crippen LogP contribution in [0.4, 0.5) is 4.79 Å². The van der Waals surface area contributed by atoms with E-state index < -0.39 is 5.97 Å². The van der Waals surface area contributed by atoms with Gasteiger partial charge in [0.1, 0.15) is 12.3 Å². The largest absolute Gasteiger partial charge is 0.497 e. The third kappa shape index (κ3) is 8.47. The number of piperidine rings is 1. The van der Waals surface area contributed by atoms with Crippen molar-refractivity contribution in [2.75, 3.05) is 33.4 Å². The van der Waals surface area contributed by atoms with Gasteiger partial charge < -0.3 is 29.9 Å². The van der Waals surface area contributed by atoms with Crippen molar-refractivity contribution in [1.82, 2.24) is 20.4 Å². The van der Waals surface area contributed by atoms with Gasteiger partial charge >= 0.3 is 12.0 Å². The molecule has 4 amide bonds. The lowest BCUT2D eigenvalue weighted by Gasteiger charge is -2.38. The zero-order valence-corrected chi connectivity index (χ0v) is 24.6. The normalized spacial score (nSPS) is 19.0. The zero-order valence-electron chi connectivity index (χ0n) is 24.6. The lowest BCUT2D eigenvalue weighted by atomic mass is 9.88. The summed E-state index contributed by atoms with van der Waals surface area (Å²) in [5, 5.41) is 5.81. The van der Waals surface area contributed by atoms with Crippen LogP contribution in [0.3, 0.4) is 0 Å². The highest BCUT2D eigenvalue weighted by Crippen LogP contribution is 2.28. The zero-order chi connectivity index (χ0) is 29.9. The molecule has 2 fully saturated rings. The van der Waals surface area contributed by atoms with Crippen LogP contribution >= 0.6 is 0 Å². The van der Waals surface area contributed by atoms with Crippen LogP contribution < -0.4 is 15.4 Å². The van der Waals surface area contributed by atoms with Crippen molar-refractivity contribution in [2.24, 2.45) is 5.92 Å². The number of carbonyl (C=O) groups excluding carboxylic acids is 4. The van der Waals surface area contributed by atoms with Crippen molar-refractivity contribution in [3.8, 4) is 5.75 Å². The van der Waals surface area contributed by atoms with E-state index >= 15 is 0 Å². The molecule has 42 heavy (non-hydrogen) atoms. The molecule has 10 nitrogen and oxygen atoms in total. The van der Waals surface area contributed by atoms with Crippen LogP contribution in [0.2, 0.25) is 0 Å². The van der Waals surface area contributed by atoms with E-state index in [1.807, 2.05) is 35.2 Å². The molecule has 4 rings (SSSR count). The molecular weight excluding hydrogens is 536 g/mol. The highest BCUT2D eigenvalue weighted by Gasteiger charge is 2.33. The summed E-state index contributed by atoms with van der Waals surface area (Å²) < 4.78 is 10.1. The van der Waals surface area contributed by atoms with Gasteiger partial charge in [-0.3, -0.25) is 14.4 Å². The lowest BCUT2D eigenvalue weighted by molar-refractivity contribution is -0.141.